The zero-order valence-corrected chi connectivity index (χ0v) is 15.2. The van der Waals surface area contributed by atoms with Crippen molar-refractivity contribution in [3.8, 4) is 11.5 Å². The first kappa shape index (κ1) is 19.6. The number of amides is 2. The maximum Gasteiger partial charge on any atom is 0.271 e. The van der Waals surface area contributed by atoms with E-state index in [2.05, 4.69) is 10.5 Å². The monoisotopic (exact) mass is 395 g/mol. The zero-order valence-electron chi connectivity index (χ0n) is 13.7. The van der Waals surface area contributed by atoms with E-state index in [4.69, 9.17) is 38.4 Å². The minimum absolute atomic E-state index is 0.190. The van der Waals surface area contributed by atoms with Gasteiger partial charge in [-0.1, -0.05) is 23.2 Å². The molecule has 26 heavy (non-hydrogen) atoms. The first-order valence-electron chi connectivity index (χ1n) is 7.28. The summed E-state index contributed by atoms with van der Waals surface area (Å²) < 4.78 is 10.4. The second-order valence-corrected chi connectivity index (χ2v) is 5.84. The van der Waals surface area contributed by atoms with Gasteiger partial charge >= 0.3 is 0 Å². The summed E-state index contributed by atoms with van der Waals surface area (Å²) in [5.74, 6) is -0.546. The first-order chi connectivity index (χ1) is 12.4. The van der Waals surface area contributed by atoms with Gasteiger partial charge in [-0.15, -0.1) is 0 Å². The third-order valence-electron chi connectivity index (χ3n) is 3.10. The highest BCUT2D eigenvalue weighted by Crippen LogP contribution is 2.35. The van der Waals surface area contributed by atoms with Gasteiger partial charge in [0, 0.05) is 10.6 Å². The van der Waals surface area contributed by atoms with Gasteiger partial charge in [0.2, 0.25) is 0 Å². The van der Waals surface area contributed by atoms with Crippen LogP contribution in [0.25, 0.3) is 0 Å². The summed E-state index contributed by atoms with van der Waals surface area (Å²) >= 11 is 11.9. The van der Waals surface area contributed by atoms with Crippen molar-refractivity contribution in [3.63, 3.8) is 0 Å². The molecule has 2 aromatic rings. The van der Waals surface area contributed by atoms with Crippen molar-refractivity contribution in [1.29, 1.82) is 0 Å². The van der Waals surface area contributed by atoms with Crippen molar-refractivity contribution in [2.75, 3.05) is 13.7 Å². The summed E-state index contributed by atoms with van der Waals surface area (Å²) in [6.45, 7) is -0.333. The van der Waals surface area contributed by atoms with Crippen molar-refractivity contribution < 1.29 is 19.1 Å². The van der Waals surface area contributed by atoms with Crippen LogP contribution in [0.3, 0.4) is 0 Å². The molecular weight excluding hydrogens is 381 g/mol. The van der Waals surface area contributed by atoms with Gasteiger partial charge in [0.15, 0.2) is 18.1 Å². The number of hydrogen-bond donors (Lipinski definition) is 2. The van der Waals surface area contributed by atoms with Crippen LogP contribution in [-0.4, -0.2) is 31.7 Å². The smallest absolute Gasteiger partial charge is 0.271 e. The van der Waals surface area contributed by atoms with E-state index in [1.807, 2.05) is 0 Å². The Labute approximate surface area is 159 Å². The molecule has 0 fully saturated rings. The van der Waals surface area contributed by atoms with E-state index in [-0.39, 0.29) is 17.4 Å². The standard InChI is InChI=1S/C17H15Cl2N3O4/c1-25-14-7-10(6-13(19)16(14)26-9-15(20)23)8-21-22-17(24)11-2-4-12(18)5-3-11/h2-8H,9H2,1H3,(H2,20,23)(H,22,24)/b21-8+. The predicted molar refractivity (Wildman–Crippen MR) is 99.2 cm³/mol. The molecule has 0 atom stereocenters. The molecule has 136 valence electrons. The Morgan fingerprint density at radius 3 is 2.54 bits per heavy atom. The van der Waals surface area contributed by atoms with E-state index in [1.165, 1.54) is 13.3 Å². The molecule has 7 nitrogen and oxygen atoms in total. The number of benzene rings is 2. The van der Waals surface area contributed by atoms with Gasteiger partial charge in [-0.3, -0.25) is 9.59 Å². The van der Waals surface area contributed by atoms with Crippen molar-refractivity contribution >= 4 is 41.2 Å². The van der Waals surface area contributed by atoms with E-state index in [1.54, 1.807) is 36.4 Å². The second kappa shape index (κ2) is 9.07. The fraction of sp³-hybridized carbons (Fsp3) is 0.118. The number of carbonyl (C=O) groups is 2. The number of halogens is 2. The molecule has 0 saturated heterocycles. The number of primary amides is 1. The van der Waals surface area contributed by atoms with Gasteiger partial charge in [0.25, 0.3) is 11.8 Å². The Balaban J connectivity index is 2.09. The molecule has 0 aliphatic carbocycles. The van der Waals surface area contributed by atoms with Gasteiger partial charge in [-0.25, -0.2) is 5.43 Å². The number of carbonyl (C=O) groups excluding carboxylic acids is 2. The summed E-state index contributed by atoms with van der Waals surface area (Å²) in [5, 5.41) is 4.61. The molecule has 0 aromatic heterocycles. The lowest BCUT2D eigenvalue weighted by Crippen LogP contribution is -2.20. The topological polar surface area (TPSA) is 103 Å². The molecule has 0 unspecified atom stereocenters. The van der Waals surface area contributed by atoms with Gasteiger partial charge in [0.1, 0.15) is 0 Å². The highest BCUT2D eigenvalue weighted by Gasteiger charge is 2.12. The van der Waals surface area contributed by atoms with E-state index in [0.29, 0.717) is 21.9 Å². The molecule has 3 N–H and O–H groups in total. The first-order valence-corrected chi connectivity index (χ1v) is 8.04. The number of ether oxygens (including phenoxy) is 2. The normalized spacial score (nSPS) is 10.6. The van der Waals surface area contributed by atoms with Crippen molar-refractivity contribution in [2.45, 2.75) is 0 Å². The highest BCUT2D eigenvalue weighted by molar-refractivity contribution is 6.32. The summed E-state index contributed by atoms with van der Waals surface area (Å²) in [4.78, 5) is 22.8. The maximum absolute atomic E-state index is 12.0. The lowest BCUT2D eigenvalue weighted by atomic mass is 10.2. The average Bonchev–Trinajstić information content (AvgIpc) is 2.60. The molecule has 0 radical (unpaired) electrons. The number of nitrogens with zero attached hydrogens (tertiary/aromatic N) is 1. The van der Waals surface area contributed by atoms with E-state index < -0.39 is 11.8 Å². The zero-order chi connectivity index (χ0) is 19.1. The third kappa shape index (κ3) is 5.37. The van der Waals surface area contributed by atoms with Crippen LogP contribution in [-0.2, 0) is 4.79 Å². The molecule has 2 aromatic carbocycles. The fourth-order valence-electron chi connectivity index (χ4n) is 1.93. The number of nitrogens with two attached hydrogens (primary N) is 1. The number of methoxy groups -OCH3 is 1. The molecule has 2 amide bonds. The molecule has 9 heteroatoms. The van der Waals surface area contributed by atoms with E-state index in [9.17, 15) is 9.59 Å². The summed E-state index contributed by atoms with van der Waals surface area (Å²) in [6, 6.07) is 9.50. The summed E-state index contributed by atoms with van der Waals surface area (Å²) in [5.41, 5.74) is 8.40. The van der Waals surface area contributed by atoms with E-state index >= 15 is 0 Å². The van der Waals surface area contributed by atoms with Crippen LogP contribution in [0.2, 0.25) is 10.0 Å². The molecule has 0 spiro atoms. The molecule has 0 aliphatic heterocycles. The van der Waals surface area contributed by atoms with Crippen LogP contribution in [0.5, 0.6) is 11.5 Å². The summed E-state index contributed by atoms with van der Waals surface area (Å²) in [6.07, 6.45) is 1.39. The number of hydrogen-bond acceptors (Lipinski definition) is 5. The number of hydrazone groups is 1. The van der Waals surface area contributed by atoms with Gasteiger partial charge in [0.05, 0.1) is 18.3 Å². The molecule has 0 bridgehead atoms. The Hall–Kier alpha value is -2.77. The van der Waals surface area contributed by atoms with Crippen molar-refractivity contribution in [3.05, 3.63) is 57.6 Å². The van der Waals surface area contributed by atoms with Gasteiger partial charge in [-0.2, -0.15) is 5.10 Å². The van der Waals surface area contributed by atoms with Crippen LogP contribution in [0, 0.1) is 0 Å². The third-order valence-corrected chi connectivity index (χ3v) is 3.63. The predicted octanol–water partition coefficient (Wildman–Crippen LogP) is 2.63. The Kier molecular flexibility index (Phi) is 6.82. The second-order valence-electron chi connectivity index (χ2n) is 5.00. The van der Waals surface area contributed by atoms with Gasteiger partial charge < -0.3 is 15.2 Å². The lowest BCUT2D eigenvalue weighted by molar-refractivity contribution is -0.119. The quantitative estimate of drug-likeness (QED) is 0.555. The number of rotatable bonds is 7. The van der Waals surface area contributed by atoms with Gasteiger partial charge in [-0.05, 0) is 42.0 Å². The Morgan fingerprint density at radius 2 is 1.92 bits per heavy atom. The van der Waals surface area contributed by atoms with Crippen molar-refractivity contribution in [2.24, 2.45) is 10.8 Å². The minimum atomic E-state index is -0.640. The number of nitrogens with one attached hydrogen (secondary N) is 1. The Morgan fingerprint density at radius 1 is 1.23 bits per heavy atom. The summed E-state index contributed by atoms with van der Waals surface area (Å²) in [7, 11) is 1.42. The van der Waals surface area contributed by atoms with Crippen molar-refractivity contribution in [1.82, 2.24) is 5.43 Å². The molecular formula is C17H15Cl2N3O4. The minimum Gasteiger partial charge on any atom is -0.493 e. The van der Waals surface area contributed by atoms with Crippen LogP contribution in [0.4, 0.5) is 0 Å². The largest absolute Gasteiger partial charge is 0.493 e. The van der Waals surface area contributed by atoms with Crippen LogP contribution in [0.15, 0.2) is 41.5 Å². The lowest BCUT2D eigenvalue weighted by Gasteiger charge is -2.12. The molecule has 2 rings (SSSR count). The molecule has 0 heterocycles. The highest BCUT2D eigenvalue weighted by atomic mass is 35.5. The SMILES string of the molecule is COc1cc(/C=N/NC(=O)c2ccc(Cl)cc2)cc(Cl)c1OCC(N)=O. The molecule has 0 aliphatic rings. The molecule has 0 saturated carbocycles. The van der Waals surface area contributed by atoms with Crippen LogP contribution < -0.4 is 20.6 Å². The van der Waals surface area contributed by atoms with E-state index in [0.717, 1.165) is 0 Å². The maximum atomic E-state index is 12.0. The van der Waals surface area contributed by atoms with Crippen LogP contribution in [0.1, 0.15) is 15.9 Å². The fourth-order valence-corrected chi connectivity index (χ4v) is 2.33. The Bertz CT molecular complexity index is 839. The average molecular weight is 396 g/mol. The van der Waals surface area contributed by atoms with Crippen LogP contribution >= 0.6 is 23.2 Å².